The summed E-state index contributed by atoms with van der Waals surface area (Å²) in [5.74, 6) is -1.96. The van der Waals surface area contributed by atoms with Gasteiger partial charge in [0.05, 0.1) is 0 Å². The number of aliphatic carboxylic acids is 1. The summed E-state index contributed by atoms with van der Waals surface area (Å²) in [5, 5.41) is 19.3. The molecule has 0 aromatic rings. The summed E-state index contributed by atoms with van der Waals surface area (Å²) in [5.41, 5.74) is 0.129. The number of nitrogens with one attached hydrogen (secondary N) is 1. The Labute approximate surface area is 94.4 Å². The van der Waals surface area contributed by atoms with Crippen LogP contribution in [0.1, 0.15) is 0 Å². The fourth-order valence-electron chi connectivity index (χ4n) is 0.702. The van der Waals surface area contributed by atoms with Gasteiger partial charge >= 0.3 is 94.0 Å². The van der Waals surface area contributed by atoms with E-state index in [1.807, 2.05) is 0 Å². The SMILES string of the molecule is C=C/C=C(\[CH]=[Ni])C(=O)N[C@@H](CO)C(=O)O. The van der Waals surface area contributed by atoms with Crippen LogP contribution in [0.15, 0.2) is 24.3 Å². The Balaban J connectivity index is 4.58. The van der Waals surface area contributed by atoms with Crippen molar-refractivity contribution in [2.75, 3.05) is 6.61 Å². The molecule has 3 N–H and O–H groups in total. The third-order valence-electron chi connectivity index (χ3n) is 1.44. The van der Waals surface area contributed by atoms with E-state index in [1.165, 1.54) is 12.2 Å². The van der Waals surface area contributed by atoms with E-state index in [2.05, 4.69) is 26.9 Å². The van der Waals surface area contributed by atoms with Gasteiger partial charge in [-0.2, -0.15) is 0 Å². The van der Waals surface area contributed by atoms with Gasteiger partial charge in [0.15, 0.2) is 0 Å². The number of carboxylic acid groups (broad SMARTS) is 1. The molecule has 6 heteroatoms. The number of allylic oxidation sites excluding steroid dienone is 2. The van der Waals surface area contributed by atoms with Gasteiger partial charge in [0.2, 0.25) is 0 Å². The van der Waals surface area contributed by atoms with E-state index in [0.717, 1.165) is 4.99 Å². The molecule has 0 aromatic carbocycles. The molecule has 0 aliphatic carbocycles. The van der Waals surface area contributed by atoms with Crippen LogP contribution in [0.3, 0.4) is 0 Å². The Bertz CT molecular complexity index is 311. The molecule has 0 saturated heterocycles. The topological polar surface area (TPSA) is 86.6 Å². The molecule has 0 rings (SSSR count). The van der Waals surface area contributed by atoms with E-state index in [9.17, 15) is 9.59 Å². The van der Waals surface area contributed by atoms with Crippen LogP contribution in [0.2, 0.25) is 0 Å². The molecule has 86 valence electrons. The van der Waals surface area contributed by atoms with Crippen LogP contribution in [-0.2, 0) is 24.6 Å². The molecule has 0 unspecified atom stereocenters. The second kappa shape index (κ2) is 7.09. The zero-order chi connectivity index (χ0) is 11.8. The number of hydrogen-bond donors (Lipinski definition) is 3. The third kappa shape index (κ3) is 4.67. The van der Waals surface area contributed by atoms with Crippen LogP contribution >= 0.6 is 0 Å². The molecule has 0 aromatic heterocycles. The van der Waals surface area contributed by atoms with E-state index >= 15 is 0 Å². The Hall–Kier alpha value is -1.26. The van der Waals surface area contributed by atoms with Crippen molar-refractivity contribution in [1.29, 1.82) is 0 Å². The molecule has 1 amide bonds. The number of carboxylic acids is 1. The van der Waals surface area contributed by atoms with Gasteiger partial charge in [0.25, 0.3) is 0 Å². The van der Waals surface area contributed by atoms with Crippen molar-refractivity contribution in [3.8, 4) is 0 Å². The number of aliphatic hydroxyl groups excluding tert-OH is 1. The molecule has 0 heterocycles. The summed E-state index contributed by atoms with van der Waals surface area (Å²) < 4.78 is 0. The summed E-state index contributed by atoms with van der Waals surface area (Å²) in [6, 6.07) is -1.33. The fourth-order valence-corrected chi connectivity index (χ4v) is 0.926. The van der Waals surface area contributed by atoms with Gasteiger partial charge in [0, 0.05) is 0 Å². The Kier molecular flexibility index (Phi) is 6.50. The van der Waals surface area contributed by atoms with Gasteiger partial charge < -0.3 is 0 Å². The van der Waals surface area contributed by atoms with Crippen LogP contribution in [0.25, 0.3) is 0 Å². The zero-order valence-corrected chi connectivity index (χ0v) is 8.74. The van der Waals surface area contributed by atoms with Gasteiger partial charge in [-0.25, -0.2) is 0 Å². The zero-order valence-electron chi connectivity index (χ0n) is 7.75. The van der Waals surface area contributed by atoms with Crippen molar-refractivity contribution >= 4 is 16.9 Å². The number of hydrogen-bond acceptors (Lipinski definition) is 3. The first kappa shape index (κ1) is 13.7. The third-order valence-corrected chi connectivity index (χ3v) is 1.75. The molecule has 0 aliphatic rings. The molecule has 0 saturated carbocycles. The number of carbonyl (C=O) groups excluding carboxylic acids is 1. The molecule has 1 atom stereocenters. The molecule has 0 bridgehead atoms. The van der Waals surface area contributed by atoms with Gasteiger partial charge in [-0.05, 0) is 0 Å². The van der Waals surface area contributed by atoms with Crippen LogP contribution < -0.4 is 5.32 Å². The summed E-state index contributed by atoms with van der Waals surface area (Å²) >= 11 is 4.27. The maximum atomic E-state index is 11.3. The van der Waals surface area contributed by atoms with E-state index < -0.39 is 24.5 Å². The number of amides is 1. The number of aliphatic hydroxyl groups is 1. The number of carbonyl (C=O) groups is 2. The van der Waals surface area contributed by atoms with Crippen molar-refractivity contribution in [2.24, 2.45) is 0 Å². The maximum absolute atomic E-state index is 11.3. The predicted octanol–water partition coefficient (Wildman–Crippen LogP) is -0.991. The summed E-state index contributed by atoms with van der Waals surface area (Å²) in [4.78, 5) is 23.0. The standard InChI is InChI=1S/C9H11NO4.Ni/c1-3-4-6(2)8(12)10-7(5-11)9(13)14;/h2-4,7,11H,1,5H2,(H,10,12)(H,13,14);/b6-4+;/t7-;/m0./s1. The monoisotopic (exact) mass is 255 g/mol. The molecule has 15 heavy (non-hydrogen) atoms. The normalized spacial score (nSPS) is 12.9. The predicted molar refractivity (Wildman–Crippen MR) is 51.0 cm³/mol. The molecular weight excluding hydrogens is 245 g/mol. The molecule has 0 spiro atoms. The molecule has 0 radical (unpaired) electrons. The Morgan fingerprint density at radius 2 is 2.13 bits per heavy atom. The Morgan fingerprint density at radius 3 is 2.47 bits per heavy atom. The van der Waals surface area contributed by atoms with E-state index in [4.69, 9.17) is 10.2 Å². The molecule has 5 nitrogen and oxygen atoms in total. The summed E-state index contributed by atoms with van der Waals surface area (Å²) in [6.45, 7) is 2.70. The Morgan fingerprint density at radius 1 is 1.53 bits per heavy atom. The second-order valence-corrected chi connectivity index (χ2v) is 2.78. The average molecular weight is 256 g/mol. The average Bonchev–Trinajstić information content (AvgIpc) is 2.21. The fraction of sp³-hybridized carbons (Fsp3) is 0.222. The second-order valence-electron chi connectivity index (χ2n) is 2.50. The van der Waals surface area contributed by atoms with Crippen molar-refractivity contribution in [3.63, 3.8) is 0 Å². The first-order chi connectivity index (χ1) is 7.06. The van der Waals surface area contributed by atoms with Gasteiger partial charge in [-0.3, -0.25) is 0 Å². The number of rotatable bonds is 6. The minimum absolute atomic E-state index is 0.129. The summed E-state index contributed by atoms with van der Waals surface area (Å²) in [7, 11) is 0. The van der Waals surface area contributed by atoms with Crippen molar-refractivity contribution < 1.29 is 34.8 Å². The van der Waals surface area contributed by atoms with Crippen molar-refractivity contribution in [1.82, 2.24) is 5.32 Å². The van der Waals surface area contributed by atoms with E-state index in [0.29, 0.717) is 0 Å². The van der Waals surface area contributed by atoms with Crippen LogP contribution in [0.5, 0.6) is 0 Å². The quantitative estimate of drug-likeness (QED) is 0.323. The van der Waals surface area contributed by atoms with Crippen LogP contribution in [-0.4, -0.2) is 39.7 Å². The minimum atomic E-state index is -1.33. The molecular formula is C9H11NNiO4. The summed E-state index contributed by atoms with van der Waals surface area (Å²) in [6.07, 6.45) is 2.72. The van der Waals surface area contributed by atoms with Gasteiger partial charge in [-0.1, -0.05) is 0 Å². The first-order valence-electron chi connectivity index (χ1n) is 3.94. The van der Waals surface area contributed by atoms with E-state index in [-0.39, 0.29) is 5.57 Å². The first-order valence-corrected chi connectivity index (χ1v) is 4.51. The molecule has 0 fully saturated rings. The van der Waals surface area contributed by atoms with Crippen LogP contribution in [0, 0.1) is 0 Å². The van der Waals surface area contributed by atoms with Gasteiger partial charge in [-0.15, -0.1) is 0 Å². The molecule has 0 aliphatic heterocycles. The van der Waals surface area contributed by atoms with Gasteiger partial charge in [0.1, 0.15) is 0 Å². The van der Waals surface area contributed by atoms with Crippen molar-refractivity contribution in [2.45, 2.75) is 6.04 Å². The van der Waals surface area contributed by atoms with Crippen LogP contribution in [0.4, 0.5) is 0 Å². The van der Waals surface area contributed by atoms with Crippen molar-refractivity contribution in [3.05, 3.63) is 24.3 Å². The van der Waals surface area contributed by atoms with E-state index in [1.54, 1.807) is 0 Å².